The lowest BCUT2D eigenvalue weighted by atomic mass is 10.2. The van der Waals surface area contributed by atoms with Crippen LogP contribution in [0.2, 0.25) is 0 Å². The molecule has 152 valence electrons. The van der Waals surface area contributed by atoms with Crippen molar-refractivity contribution in [3.8, 4) is 5.75 Å². The fourth-order valence-corrected chi connectivity index (χ4v) is 4.09. The fraction of sp³-hybridized carbons (Fsp3) is 0.235. The van der Waals surface area contributed by atoms with Gasteiger partial charge in [-0.25, -0.2) is 14.3 Å². The van der Waals surface area contributed by atoms with Crippen molar-refractivity contribution in [2.24, 2.45) is 5.84 Å². The van der Waals surface area contributed by atoms with Gasteiger partial charge in [0.2, 0.25) is 0 Å². The van der Waals surface area contributed by atoms with E-state index in [0.717, 1.165) is 18.2 Å². The van der Waals surface area contributed by atoms with Crippen LogP contribution in [-0.4, -0.2) is 28.0 Å². The zero-order chi connectivity index (χ0) is 21.1. The Hall–Kier alpha value is -2.79. The molecule has 11 heteroatoms. The van der Waals surface area contributed by atoms with E-state index in [1.54, 1.807) is 18.4 Å². The Morgan fingerprint density at radius 1 is 1.21 bits per heavy atom. The zero-order valence-electron chi connectivity index (χ0n) is 14.9. The summed E-state index contributed by atoms with van der Waals surface area (Å²) in [6.45, 7) is 0.816. The number of carbonyl (C=O) groups excluding carboxylic acids is 1. The van der Waals surface area contributed by atoms with E-state index in [2.05, 4.69) is 0 Å². The molecule has 0 heterocycles. The molecule has 0 fully saturated rings. The molecule has 1 amide bonds. The van der Waals surface area contributed by atoms with Crippen molar-refractivity contribution >= 4 is 21.6 Å². The monoisotopic (exact) mass is 417 g/mol. The van der Waals surface area contributed by atoms with Crippen LogP contribution in [0.5, 0.6) is 5.75 Å². The molecule has 28 heavy (non-hydrogen) atoms. The maximum absolute atomic E-state index is 13.2. The molecule has 0 spiro atoms. The fourth-order valence-electron chi connectivity index (χ4n) is 2.43. The normalized spacial score (nSPS) is 11.8. The number of hydrogen-bond acceptors (Lipinski definition) is 5. The summed E-state index contributed by atoms with van der Waals surface area (Å²) in [5.74, 6) is 4.11. The van der Waals surface area contributed by atoms with Crippen molar-refractivity contribution in [2.75, 3.05) is 18.0 Å². The van der Waals surface area contributed by atoms with Crippen LogP contribution in [-0.2, 0) is 21.0 Å². The third-order valence-corrected chi connectivity index (χ3v) is 5.59. The zero-order valence-corrected chi connectivity index (χ0v) is 15.8. The summed E-state index contributed by atoms with van der Waals surface area (Å²) in [7, 11) is -3.21. The molecule has 2 rings (SSSR count). The second-order valence-electron chi connectivity index (χ2n) is 5.78. The number of carbonyl (C=O) groups is 1. The lowest BCUT2D eigenvalue weighted by molar-refractivity contribution is -0.137. The molecule has 0 bridgehead atoms. The van der Waals surface area contributed by atoms with Gasteiger partial charge in [0.15, 0.2) is 0 Å². The number of aryl methyl sites for hydroxylation is 1. The van der Waals surface area contributed by atoms with E-state index in [1.165, 1.54) is 19.2 Å². The van der Waals surface area contributed by atoms with Crippen molar-refractivity contribution in [3.05, 3.63) is 53.6 Å². The third kappa shape index (κ3) is 4.54. The number of anilines is 1. The lowest BCUT2D eigenvalue weighted by Crippen LogP contribution is -2.43. The molecule has 0 saturated carbocycles. The molecule has 0 atom stereocenters. The van der Waals surface area contributed by atoms with E-state index in [4.69, 9.17) is 10.6 Å². The highest BCUT2D eigenvalue weighted by molar-refractivity contribution is 7.93. The van der Waals surface area contributed by atoms with Crippen LogP contribution >= 0.6 is 0 Å². The molecule has 0 saturated heterocycles. The maximum Gasteiger partial charge on any atom is 0.416 e. The van der Waals surface area contributed by atoms with Gasteiger partial charge in [-0.3, -0.25) is 14.5 Å². The lowest BCUT2D eigenvalue weighted by Gasteiger charge is -2.25. The van der Waals surface area contributed by atoms with Gasteiger partial charge in [0, 0.05) is 0 Å². The molecule has 0 aliphatic rings. The number of halogens is 3. The Morgan fingerprint density at radius 2 is 1.89 bits per heavy atom. The first-order valence-corrected chi connectivity index (χ1v) is 9.29. The summed E-state index contributed by atoms with van der Waals surface area (Å²) in [4.78, 5) is 11.5. The number of methoxy groups -OCH3 is 1. The first-order chi connectivity index (χ1) is 13.0. The summed E-state index contributed by atoms with van der Waals surface area (Å²) < 4.78 is 71.2. The highest BCUT2D eigenvalue weighted by Gasteiger charge is 2.34. The van der Waals surface area contributed by atoms with Gasteiger partial charge >= 0.3 is 6.18 Å². The van der Waals surface area contributed by atoms with Crippen molar-refractivity contribution in [1.82, 2.24) is 5.43 Å². The Bertz CT molecular complexity index is 978. The number of rotatable bonds is 6. The first kappa shape index (κ1) is 21.5. The summed E-state index contributed by atoms with van der Waals surface area (Å²) in [6.07, 6.45) is -4.69. The quantitative estimate of drug-likeness (QED) is 0.426. The van der Waals surface area contributed by atoms with Crippen LogP contribution in [0, 0.1) is 6.92 Å². The van der Waals surface area contributed by atoms with Crippen molar-refractivity contribution in [1.29, 1.82) is 0 Å². The molecule has 0 aliphatic carbocycles. The van der Waals surface area contributed by atoms with Crippen molar-refractivity contribution in [2.45, 2.75) is 18.0 Å². The minimum atomic E-state index is -4.69. The number of benzene rings is 2. The molecule has 0 radical (unpaired) electrons. The van der Waals surface area contributed by atoms with E-state index in [9.17, 15) is 26.4 Å². The number of hydrogen-bond donors (Lipinski definition) is 2. The van der Waals surface area contributed by atoms with Crippen LogP contribution in [0.15, 0.2) is 47.4 Å². The Morgan fingerprint density at radius 3 is 2.46 bits per heavy atom. The minimum absolute atomic E-state index is 0.0178. The molecule has 7 nitrogen and oxygen atoms in total. The van der Waals surface area contributed by atoms with Gasteiger partial charge in [-0.05, 0) is 42.8 Å². The van der Waals surface area contributed by atoms with E-state index in [0.29, 0.717) is 15.9 Å². The third-order valence-electron chi connectivity index (χ3n) is 3.80. The van der Waals surface area contributed by atoms with Gasteiger partial charge in [-0.15, -0.1) is 0 Å². The highest BCUT2D eigenvalue weighted by Crippen LogP contribution is 2.35. The molecule has 2 aromatic carbocycles. The number of alkyl halides is 3. The second-order valence-corrected chi connectivity index (χ2v) is 7.61. The number of ether oxygens (including phenoxy) is 1. The van der Waals surface area contributed by atoms with Crippen LogP contribution in [0.4, 0.5) is 18.9 Å². The van der Waals surface area contributed by atoms with E-state index >= 15 is 0 Å². The van der Waals surface area contributed by atoms with Crippen molar-refractivity contribution < 1.29 is 31.1 Å². The molecular formula is C17H18F3N3O4S. The number of nitrogens with two attached hydrogens (primary N) is 1. The summed E-state index contributed by atoms with van der Waals surface area (Å²) in [5.41, 5.74) is 0.945. The van der Waals surface area contributed by atoms with Gasteiger partial charge in [0.25, 0.3) is 15.9 Å². The molecule has 0 aliphatic heterocycles. The van der Waals surface area contributed by atoms with Crippen LogP contribution in [0.3, 0.4) is 0 Å². The van der Waals surface area contributed by atoms with Gasteiger partial charge < -0.3 is 4.74 Å². The average Bonchev–Trinajstić information content (AvgIpc) is 2.65. The minimum Gasteiger partial charge on any atom is -0.495 e. The van der Waals surface area contributed by atoms with Crippen molar-refractivity contribution in [3.63, 3.8) is 0 Å². The van der Waals surface area contributed by atoms with E-state index < -0.39 is 34.2 Å². The van der Waals surface area contributed by atoms with Gasteiger partial charge in [-0.2, -0.15) is 13.2 Å². The predicted octanol–water partition coefficient (Wildman–Crippen LogP) is 2.21. The number of nitrogens with one attached hydrogen (secondary N) is 1. The summed E-state index contributed by atoms with van der Waals surface area (Å²) >= 11 is 0. The Labute approximate surface area is 159 Å². The first-order valence-electron chi connectivity index (χ1n) is 7.84. The predicted molar refractivity (Wildman–Crippen MR) is 96.0 cm³/mol. The highest BCUT2D eigenvalue weighted by atomic mass is 32.2. The maximum atomic E-state index is 13.2. The van der Waals surface area contributed by atoms with Crippen LogP contribution in [0.25, 0.3) is 0 Å². The second kappa shape index (κ2) is 8.07. The Balaban J connectivity index is 2.67. The van der Waals surface area contributed by atoms with E-state index in [1.807, 2.05) is 0 Å². The van der Waals surface area contributed by atoms with Crippen LogP contribution in [0.1, 0.15) is 11.1 Å². The number of nitrogens with zero attached hydrogens (tertiary/aromatic N) is 1. The smallest absolute Gasteiger partial charge is 0.416 e. The number of sulfonamides is 1. The number of hydrazine groups is 1. The van der Waals surface area contributed by atoms with Gasteiger partial charge in [0.05, 0.1) is 18.4 Å². The van der Waals surface area contributed by atoms with Crippen LogP contribution < -0.4 is 20.3 Å². The molecule has 0 unspecified atom stereocenters. The largest absolute Gasteiger partial charge is 0.495 e. The number of amides is 1. The Kier molecular flexibility index (Phi) is 6.20. The molecular weight excluding hydrogens is 399 g/mol. The van der Waals surface area contributed by atoms with Gasteiger partial charge in [-0.1, -0.05) is 12.1 Å². The molecule has 3 N–H and O–H groups in total. The molecule has 2 aromatic rings. The molecule has 0 aromatic heterocycles. The average molecular weight is 417 g/mol. The topological polar surface area (TPSA) is 102 Å². The standard InChI is InChI=1S/C17H18F3N3O4S/c1-11-6-7-14(27-2)15(8-11)28(25,26)23(10-16(24)22-21)13-5-3-4-12(9-13)17(18,19)20/h3-9H,10,21H2,1-2H3,(H,22,24). The van der Waals surface area contributed by atoms with Gasteiger partial charge in [0.1, 0.15) is 17.2 Å². The summed E-state index contributed by atoms with van der Waals surface area (Å²) in [6, 6.07) is 7.96. The van der Waals surface area contributed by atoms with E-state index in [-0.39, 0.29) is 16.3 Å². The SMILES string of the molecule is COc1ccc(C)cc1S(=O)(=O)N(CC(=O)NN)c1cccc(C(F)(F)F)c1. The summed E-state index contributed by atoms with van der Waals surface area (Å²) in [5, 5.41) is 0.